The zero-order valence-electron chi connectivity index (χ0n) is 15.3. The molecule has 28 heavy (non-hydrogen) atoms. The average molecular weight is 382 g/mol. The number of nitro benzene ring substituents is 1. The molecule has 9 heteroatoms. The molecule has 0 spiro atoms. The Morgan fingerprint density at radius 1 is 1.25 bits per heavy atom. The maximum Gasteiger partial charge on any atom is 0.341 e. The number of carbonyl (C=O) groups is 1. The number of hydrogen-bond acceptors (Lipinski definition) is 8. The molecule has 0 aliphatic carbocycles. The van der Waals surface area contributed by atoms with Crippen LogP contribution in [-0.4, -0.2) is 21.0 Å². The molecule has 0 aliphatic heterocycles. The molecule has 0 aliphatic rings. The number of ether oxygens (including phenoxy) is 1. The Bertz CT molecular complexity index is 1010. The Morgan fingerprint density at radius 2 is 1.96 bits per heavy atom. The van der Waals surface area contributed by atoms with Crippen molar-refractivity contribution in [3.63, 3.8) is 0 Å². The summed E-state index contributed by atoms with van der Waals surface area (Å²) in [4.78, 5) is 26.6. The Kier molecular flexibility index (Phi) is 5.35. The van der Waals surface area contributed by atoms with Crippen molar-refractivity contribution in [1.29, 1.82) is 0 Å². The fourth-order valence-electron chi connectivity index (χ4n) is 2.49. The zero-order valence-corrected chi connectivity index (χ0v) is 15.3. The second-order valence-corrected chi connectivity index (χ2v) is 6.39. The number of non-ortho nitro benzene ring substituents is 1. The summed E-state index contributed by atoms with van der Waals surface area (Å²) < 4.78 is 10.2. The van der Waals surface area contributed by atoms with Crippen LogP contribution in [0.2, 0.25) is 0 Å². The summed E-state index contributed by atoms with van der Waals surface area (Å²) in [5, 5.41) is 14.7. The summed E-state index contributed by atoms with van der Waals surface area (Å²) in [6, 6.07) is 11.3. The third kappa shape index (κ3) is 4.14. The highest BCUT2D eigenvalue weighted by Crippen LogP contribution is 2.22. The Labute approximate surface area is 160 Å². The average Bonchev–Trinajstić information content (AvgIpc) is 3.15. The molecule has 0 saturated heterocycles. The summed E-state index contributed by atoms with van der Waals surface area (Å²) in [5.41, 5.74) is 7.38. The molecular formula is C19H18N4O5. The summed E-state index contributed by atoms with van der Waals surface area (Å²) >= 11 is 0. The van der Waals surface area contributed by atoms with Crippen LogP contribution in [0.3, 0.4) is 0 Å². The van der Waals surface area contributed by atoms with Crippen LogP contribution in [-0.2, 0) is 11.3 Å². The van der Waals surface area contributed by atoms with E-state index in [2.05, 4.69) is 24.0 Å². The number of nitrogens with zero attached hydrogens (tertiary/aromatic N) is 3. The van der Waals surface area contributed by atoms with E-state index in [0.29, 0.717) is 11.7 Å². The van der Waals surface area contributed by atoms with Crippen LogP contribution in [0, 0.1) is 10.1 Å². The minimum absolute atomic E-state index is 0.0760. The van der Waals surface area contributed by atoms with Crippen molar-refractivity contribution in [2.75, 3.05) is 5.73 Å². The molecule has 3 rings (SSSR count). The van der Waals surface area contributed by atoms with Crippen molar-refractivity contribution in [2.45, 2.75) is 26.4 Å². The maximum atomic E-state index is 12.2. The Hall–Kier alpha value is -3.75. The lowest BCUT2D eigenvalue weighted by Gasteiger charge is -2.05. The van der Waals surface area contributed by atoms with Crippen LogP contribution in [0.4, 0.5) is 11.4 Å². The minimum Gasteiger partial charge on any atom is -0.452 e. The van der Waals surface area contributed by atoms with Gasteiger partial charge >= 0.3 is 5.97 Å². The molecule has 9 nitrogen and oxygen atoms in total. The van der Waals surface area contributed by atoms with Crippen molar-refractivity contribution >= 4 is 17.3 Å². The number of benzene rings is 2. The fraction of sp³-hybridized carbons (Fsp3) is 0.211. The van der Waals surface area contributed by atoms with Gasteiger partial charge in [0.15, 0.2) is 6.61 Å². The number of nitrogen functional groups attached to an aromatic ring is 1. The smallest absolute Gasteiger partial charge is 0.341 e. The highest BCUT2D eigenvalue weighted by molar-refractivity contribution is 5.95. The standard InChI is InChI=1S/C19H18N4O5/c1-11(2)12-3-5-13(6-4-12)18-21-17(28-22-18)10-27-19(24)15-9-14(23(25)26)7-8-16(15)20/h3-9,11H,10,20H2,1-2H3. The van der Waals surface area contributed by atoms with Gasteiger partial charge in [0.2, 0.25) is 5.82 Å². The number of rotatable bonds is 6. The van der Waals surface area contributed by atoms with Crippen molar-refractivity contribution < 1.29 is 19.0 Å². The van der Waals surface area contributed by atoms with Crippen LogP contribution in [0.25, 0.3) is 11.4 Å². The third-order valence-corrected chi connectivity index (χ3v) is 4.10. The molecule has 0 bridgehead atoms. The van der Waals surface area contributed by atoms with E-state index < -0.39 is 10.9 Å². The van der Waals surface area contributed by atoms with Gasteiger partial charge in [-0.3, -0.25) is 10.1 Å². The van der Waals surface area contributed by atoms with E-state index in [4.69, 9.17) is 15.0 Å². The molecule has 0 saturated carbocycles. The van der Waals surface area contributed by atoms with E-state index in [1.807, 2.05) is 24.3 Å². The highest BCUT2D eigenvalue weighted by Gasteiger charge is 2.18. The number of anilines is 1. The molecule has 0 radical (unpaired) electrons. The monoisotopic (exact) mass is 382 g/mol. The van der Waals surface area contributed by atoms with Gasteiger partial charge in [-0.2, -0.15) is 4.98 Å². The number of aromatic nitrogens is 2. The largest absolute Gasteiger partial charge is 0.452 e. The summed E-state index contributed by atoms with van der Waals surface area (Å²) in [6.45, 7) is 3.92. The molecular weight excluding hydrogens is 364 g/mol. The lowest BCUT2D eigenvalue weighted by Crippen LogP contribution is -2.09. The van der Waals surface area contributed by atoms with Crippen molar-refractivity contribution in [3.05, 3.63) is 69.6 Å². The van der Waals surface area contributed by atoms with Crippen molar-refractivity contribution in [3.8, 4) is 11.4 Å². The van der Waals surface area contributed by atoms with Crippen LogP contribution < -0.4 is 5.73 Å². The first-order valence-corrected chi connectivity index (χ1v) is 8.49. The van der Waals surface area contributed by atoms with E-state index in [-0.39, 0.29) is 29.4 Å². The number of nitrogens with two attached hydrogens (primary N) is 1. The van der Waals surface area contributed by atoms with Gasteiger partial charge in [0.05, 0.1) is 10.5 Å². The van der Waals surface area contributed by atoms with Crippen LogP contribution in [0.1, 0.15) is 41.6 Å². The number of carbonyl (C=O) groups excluding carboxylic acids is 1. The third-order valence-electron chi connectivity index (χ3n) is 4.10. The molecule has 0 amide bonds. The molecule has 0 unspecified atom stereocenters. The highest BCUT2D eigenvalue weighted by atomic mass is 16.6. The SMILES string of the molecule is CC(C)c1ccc(-c2noc(COC(=O)c3cc([N+](=O)[O-])ccc3N)n2)cc1. The first kappa shape index (κ1) is 19.0. The molecule has 0 fully saturated rings. The van der Waals surface area contributed by atoms with Gasteiger partial charge in [0.1, 0.15) is 0 Å². The van der Waals surface area contributed by atoms with E-state index in [9.17, 15) is 14.9 Å². The Morgan fingerprint density at radius 3 is 2.61 bits per heavy atom. The normalized spacial score (nSPS) is 10.8. The van der Waals surface area contributed by atoms with Crippen LogP contribution >= 0.6 is 0 Å². The minimum atomic E-state index is -0.817. The predicted molar refractivity (Wildman–Crippen MR) is 100 cm³/mol. The predicted octanol–water partition coefficient (Wildman–Crippen LogP) is 3.71. The van der Waals surface area contributed by atoms with Crippen molar-refractivity contribution in [1.82, 2.24) is 10.1 Å². The van der Waals surface area contributed by atoms with E-state index in [0.717, 1.165) is 11.6 Å². The van der Waals surface area contributed by atoms with Gasteiger partial charge in [-0.25, -0.2) is 4.79 Å². The number of esters is 1. The molecule has 144 valence electrons. The maximum absolute atomic E-state index is 12.2. The van der Waals surface area contributed by atoms with E-state index in [1.165, 1.54) is 17.7 Å². The number of hydrogen-bond donors (Lipinski definition) is 1. The molecule has 3 aromatic rings. The first-order valence-electron chi connectivity index (χ1n) is 8.49. The van der Waals surface area contributed by atoms with Gasteiger partial charge in [-0.15, -0.1) is 0 Å². The van der Waals surface area contributed by atoms with E-state index in [1.54, 1.807) is 0 Å². The molecule has 1 heterocycles. The zero-order chi connectivity index (χ0) is 20.3. The van der Waals surface area contributed by atoms with Crippen LogP contribution in [0.5, 0.6) is 0 Å². The number of nitro groups is 1. The van der Waals surface area contributed by atoms with Gasteiger partial charge < -0.3 is 15.0 Å². The lowest BCUT2D eigenvalue weighted by atomic mass is 10.0. The second kappa shape index (κ2) is 7.87. The molecule has 1 aromatic heterocycles. The summed E-state index contributed by atoms with van der Waals surface area (Å²) in [7, 11) is 0. The first-order chi connectivity index (χ1) is 13.3. The quantitative estimate of drug-likeness (QED) is 0.295. The van der Waals surface area contributed by atoms with Crippen LogP contribution in [0.15, 0.2) is 47.0 Å². The molecule has 0 atom stereocenters. The lowest BCUT2D eigenvalue weighted by molar-refractivity contribution is -0.384. The topological polar surface area (TPSA) is 134 Å². The summed E-state index contributed by atoms with van der Waals surface area (Å²) in [5.74, 6) is 0.0641. The van der Waals surface area contributed by atoms with Gasteiger partial charge in [-0.05, 0) is 17.5 Å². The molecule has 2 N–H and O–H groups in total. The van der Waals surface area contributed by atoms with Gasteiger partial charge in [-0.1, -0.05) is 43.3 Å². The Balaban J connectivity index is 1.68. The van der Waals surface area contributed by atoms with E-state index >= 15 is 0 Å². The summed E-state index contributed by atoms with van der Waals surface area (Å²) in [6.07, 6.45) is 0. The fourth-order valence-corrected chi connectivity index (χ4v) is 2.49. The van der Waals surface area contributed by atoms with Crippen molar-refractivity contribution in [2.24, 2.45) is 0 Å². The molecule has 2 aromatic carbocycles. The second-order valence-electron chi connectivity index (χ2n) is 6.39. The van der Waals surface area contributed by atoms with Gasteiger partial charge in [0.25, 0.3) is 11.6 Å². The van der Waals surface area contributed by atoms with Gasteiger partial charge in [0, 0.05) is 23.4 Å².